The lowest BCUT2D eigenvalue weighted by molar-refractivity contribution is -0.761. The zero-order valence-corrected chi connectivity index (χ0v) is 27.4. The largest absolute Gasteiger partial charge is 0.507 e. The highest BCUT2D eigenvalue weighted by Gasteiger charge is 2.24. The van der Waals surface area contributed by atoms with Gasteiger partial charge in [0.25, 0.3) is 25.9 Å². The quantitative estimate of drug-likeness (QED) is 0.0283. The van der Waals surface area contributed by atoms with Crippen molar-refractivity contribution in [3.8, 4) is 11.5 Å². The molecule has 6 rings (SSSR count). The van der Waals surface area contributed by atoms with Crippen LogP contribution in [0.15, 0.2) is 121 Å². The van der Waals surface area contributed by atoms with Crippen LogP contribution in [0.25, 0.3) is 16.8 Å². The van der Waals surface area contributed by atoms with Crippen molar-refractivity contribution in [2.75, 3.05) is 11.2 Å². The molecule has 0 aliphatic heterocycles. The molecule has 51 heavy (non-hydrogen) atoms. The number of nitrogen functional groups attached to an aromatic ring is 1. The number of phenolic OH excluding ortho intramolecular Hbond substituents is 2. The van der Waals surface area contributed by atoms with Gasteiger partial charge in [-0.3, -0.25) is 25.1 Å². The topological polar surface area (TPSA) is 284 Å². The van der Waals surface area contributed by atoms with Crippen LogP contribution in [0.4, 0.5) is 34.1 Å². The van der Waals surface area contributed by atoms with Crippen LogP contribution in [-0.4, -0.2) is 57.6 Å². The van der Waals surface area contributed by atoms with Gasteiger partial charge in [0.1, 0.15) is 33.4 Å². The van der Waals surface area contributed by atoms with Crippen LogP contribution in [0.3, 0.4) is 0 Å². The molecule has 5 aromatic carbocycles. The highest BCUT2D eigenvalue weighted by Crippen LogP contribution is 2.39. The summed E-state index contributed by atoms with van der Waals surface area (Å²) in [6.45, 7) is 0. The lowest BCUT2D eigenvalue weighted by Crippen LogP contribution is -2.19. The second-order valence-electron chi connectivity index (χ2n) is 10.9. The lowest BCUT2D eigenvalue weighted by Gasteiger charge is -2.16. The van der Waals surface area contributed by atoms with Gasteiger partial charge in [-0.05, 0) is 60.7 Å². The van der Waals surface area contributed by atoms with Gasteiger partial charge in [-0.1, -0.05) is 12.1 Å². The smallest absolute Gasteiger partial charge is 0.294 e. The van der Waals surface area contributed by atoms with Crippen molar-refractivity contribution in [3.63, 3.8) is 0 Å². The number of anilines is 2. The van der Waals surface area contributed by atoms with Crippen molar-refractivity contribution < 1.29 is 46.2 Å². The molecule has 0 spiro atoms. The van der Waals surface area contributed by atoms with Gasteiger partial charge in [0.2, 0.25) is 0 Å². The van der Waals surface area contributed by atoms with Crippen LogP contribution in [0.2, 0.25) is 0 Å². The molecule has 0 atom stereocenters. The molecular weight excluding hydrogens is 705 g/mol. The molecule has 17 nitrogen and oxygen atoms in total. The fourth-order valence-electron chi connectivity index (χ4n) is 5.01. The van der Waals surface area contributed by atoms with E-state index in [4.69, 9.17) is 11.1 Å². The molecule has 9 N–H and O–H groups in total. The zero-order valence-electron chi connectivity index (χ0n) is 25.7. The summed E-state index contributed by atoms with van der Waals surface area (Å²) in [7, 11) is -9.32. The van der Waals surface area contributed by atoms with Crippen molar-refractivity contribution in [3.05, 3.63) is 102 Å². The van der Waals surface area contributed by atoms with Crippen LogP contribution in [0.1, 0.15) is 11.1 Å². The van der Waals surface area contributed by atoms with Crippen LogP contribution < -0.4 is 11.2 Å². The van der Waals surface area contributed by atoms with E-state index in [2.05, 4.69) is 25.9 Å². The van der Waals surface area contributed by atoms with Crippen LogP contribution in [-0.2, 0) is 20.2 Å². The number of rotatable bonds is 8. The van der Waals surface area contributed by atoms with E-state index in [0.29, 0.717) is 10.5 Å². The van der Waals surface area contributed by atoms with E-state index in [1.807, 2.05) is 0 Å². The third kappa shape index (κ3) is 7.26. The highest BCUT2D eigenvalue weighted by atomic mass is 32.2. The standard InChI is InChI=1S/C32H24N8O9S2/c33-27-9-7-23-25(13-21(15-29(23)41)50(44,45)46)31(27)37-35-17-3-1-5-19(11-17)39-40(43)20-6-2-4-18(12-20)36-38-32-26-14-22(51(47,48)49)16-30(42)24(26)8-10-28(32)34/h1-16H,(H8-,33,34,35,36,39,41,42,43,44,45,46,47,48,49)/p+1. The van der Waals surface area contributed by atoms with Gasteiger partial charge in [0.05, 0.1) is 37.7 Å². The van der Waals surface area contributed by atoms with E-state index in [0.717, 1.165) is 24.3 Å². The molecule has 1 aliphatic rings. The third-order valence-electron chi connectivity index (χ3n) is 7.42. The Bertz CT molecular complexity index is 2640. The van der Waals surface area contributed by atoms with Crippen LogP contribution in [0.5, 0.6) is 11.5 Å². The first-order valence-corrected chi connectivity index (χ1v) is 17.3. The molecule has 0 bridgehead atoms. The van der Waals surface area contributed by atoms with Crippen molar-refractivity contribution in [1.82, 2.24) is 0 Å². The minimum atomic E-state index is -4.66. The number of benzene rings is 5. The van der Waals surface area contributed by atoms with Crippen LogP contribution >= 0.6 is 0 Å². The molecule has 0 fully saturated rings. The number of phenols is 2. The first kappa shape index (κ1) is 34.3. The predicted molar refractivity (Wildman–Crippen MR) is 186 cm³/mol. The normalized spacial score (nSPS) is 14.4. The Balaban J connectivity index is 1.26. The maximum Gasteiger partial charge on any atom is 0.294 e. The Kier molecular flexibility index (Phi) is 8.79. The van der Waals surface area contributed by atoms with Crippen molar-refractivity contribution in [1.29, 1.82) is 5.41 Å². The zero-order chi connectivity index (χ0) is 36.7. The van der Waals surface area contributed by atoms with Gasteiger partial charge in [-0.25, -0.2) is 0 Å². The fourth-order valence-corrected chi connectivity index (χ4v) is 6.06. The number of nitrogens with one attached hydrogen (secondary N) is 2. The predicted octanol–water partition coefficient (Wildman–Crippen LogP) is 6.42. The Morgan fingerprint density at radius 3 is 2.18 bits per heavy atom. The number of hydrogen-bond donors (Lipinski definition) is 8. The van der Waals surface area contributed by atoms with E-state index in [-0.39, 0.29) is 61.8 Å². The maximum atomic E-state index is 11.7. The first-order valence-electron chi connectivity index (χ1n) is 14.4. The molecule has 0 amide bonds. The van der Waals surface area contributed by atoms with Gasteiger partial charge in [0, 0.05) is 46.2 Å². The molecular formula is C32H25N8O9S2+. The molecule has 0 aromatic heterocycles. The number of nitrogens with two attached hydrogens (primary N) is 1. The Labute approximate surface area is 288 Å². The summed E-state index contributed by atoms with van der Waals surface area (Å²) < 4.78 is 65.9. The minimum Gasteiger partial charge on any atom is -0.507 e. The summed E-state index contributed by atoms with van der Waals surface area (Å²) in [6.07, 6.45) is 2.78. The number of hydrazone groups is 1. The molecule has 19 heteroatoms. The number of fused-ring (bicyclic) bond motifs is 2. The summed E-state index contributed by atoms with van der Waals surface area (Å²) in [5.41, 5.74) is 10.1. The Morgan fingerprint density at radius 1 is 0.745 bits per heavy atom. The lowest BCUT2D eigenvalue weighted by atomic mass is 9.93. The number of nitrogens with zero attached hydrogens (tertiary/aromatic N) is 5. The number of allylic oxidation sites excluding steroid dienone is 1. The fraction of sp³-hybridized carbons (Fsp3) is 0. The van der Waals surface area contributed by atoms with Gasteiger partial charge >= 0.3 is 0 Å². The second-order valence-corrected chi connectivity index (χ2v) is 13.7. The average molecular weight is 730 g/mol. The molecule has 0 saturated heterocycles. The van der Waals surface area contributed by atoms with Gasteiger partial charge in [0.15, 0.2) is 0 Å². The van der Waals surface area contributed by atoms with E-state index in [9.17, 15) is 41.4 Å². The molecule has 1 aliphatic carbocycles. The van der Waals surface area contributed by atoms with E-state index in [1.54, 1.807) is 30.3 Å². The van der Waals surface area contributed by atoms with E-state index in [1.165, 1.54) is 42.5 Å². The summed E-state index contributed by atoms with van der Waals surface area (Å²) in [5, 5.41) is 56.7. The molecule has 0 unspecified atom stereocenters. The second kappa shape index (κ2) is 13.1. The average Bonchev–Trinajstić information content (AvgIpc) is 3.06. The monoisotopic (exact) mass is 729 g/mol. The molecule has 0 heterocycles. The van der Waals surface area contributed by atoms with Crippen molar-refractivity contribution in [2.24, 2.45) is 20.4 Å². The molecule has 258 valence electrons. The molecule has 5 aromatic rings. The number of aromatic hydroxyl groups is 2. The van der Waals surface area contributed by atoms with E-state index >= 15 is 0 Å². The first-order chi connectivity index (χ1) is 24.1. The van der Waals surface area contributed by atoms with E-state index < -0.39 is 41.5 Å². The van der Waals surface area contributed by atoms with Crippen molar-refractivity contribution >= 4 is 82.6 Å². The van der Waals surface area contributed by atoms with Crippen LogP contribution in [0, 0.1) is 5.41 Å². The number of hydrogen-bond acceptors (Lipinski definition) is 13. The Hall–Kier alpha value is -6.54. The summed E-state index contributed by atoms with van der Waals surface area (Å²) in [6, 6.07) is 19.2. The van der Waals surface area contributed by atoms with Gasteiger partial charge in [-0.15, -0.1) is 5.11 Å². The third-order valence-corrected chi connectivity index (χ3v) is 9.09. The summed E-state index contributed by atoms with van der Waals surface area (Å²) >= 11 is 0. The van der Waals surface area contributed by atoms with Crippen molar-refractivity contribution in [2.45, 2.75) is 9.79 Å². The minimum absolute atomic E-state index is 0.0219. The summed E-state index contributed by atoms with van der Waals surface area (Å²) in [4.78, 5) is -0.563. The Morgan fingerprint density at radius 2 is 1.43 bits per heavy atom. The highest BCUT2D eigenvalue weighted by molar-refractivity contribution is 7.86. The molecule has 0 saturated carbocycles. The summed E-state index contributed by atoms with van der Waals surface area (Å²) in [5.74, 6) is -0.855. The maximum absolute atomic E-state index is 11.7. The SMILES string of the molecule is N=C1C=Cc2c(O)cc(S(=O)(=O)O)cc2C1=NNc1cccc(N=[N+](O)c2cccc(N=Nc3c(N)ccc4c(O)cc(S(=O)(=O)O)cc34)c2)c1. The molecule has 0 radical (unpaired) electrons. The number of azo groups is 2. The van der Waals surface area contributed by atoms with Gasteiger partial charge in [-0.2, -0.15) is 27.1 Å². The van der Waals surface area contributed by atoms with Gasteiger partial charge < -0.3 is 15.9 Å².